The second kappa shape index (κ2) is 8.88. The molecule has 3 aromatic rings. The van der Waals surface area contributed by atoms with E-state index in [9.17, 15) is 0 Å². The molecule has 0 spiro atoms. The second-order valence-corrected chi connectivity index (χ2v) is 7.14. The maximum absolute atomic E-state index is 6.41. The van der Waals surface area contributed by atoms with Gasteiger partial charge >= 0.3 is 0 Å². The normalized spacial score (nSPS) is 13.4. The van der Waals surface area contributed by atoms with E-state index < -0.39 is 0 Å². The molecule has 1 aromatic heterocycles. The molecule has 0 saturated heterocycles. The molecule has 2 aromatic carbocycles. The lowest BCUT2D eigenvalue weighted by Gasteiger charge is -2.21. The number of nitrogens with one attached hydrogen (secondary N) is 1. The Kier molecular flexibility index (Phi) is 5.86. The first-order valence-corrected chi connectivity index (χ1v) is 9.76. The molecular formula is C23H22ClN3O2. The number of rotatable bonds is 7. The van der Waals surface area contributed by atoms with Gasteiger partial charge in [0.25, 0.3) is 0 Å². The number of methoxy groups -OCH3 is 1. The highest BCUT2D eigenvalue weighted by Crippen LogP contribution is 2.29. The van der Waals surface area contributed by atoms with E-state index in [1.165, 1.54) is 11.1 Å². The molecule has 0 fully saturated rings. The van der Waals surface area contributed by atoms with Crippen molar-refractivity contribution >= 4 is 17.3 Å². The zero-order chi connectivity index (χ0) is 20.1. The minimum absolute atomic E-state index is 0.474. The molecule has 0 atom stereocenters. The van der Waals surface area contributed by atoms with Crippen LogP contribution < -0.4 is 19.9 Å². The Hall–Kier alpha value is -3.18. The topological polar surface area (TPSA) is 46.6 Å². The van der Waals surface area contributed by atoms with Gasteiger partial charge in [0.15, 0.2) is 0 Å². The number of nitrogens with zero attached hydrogens (tertiary/aromatic N) is 2. The van der Waals surface area contributed by atoms with Crippen molar-refractivity contribution in [2.24, 2.45) is 0 Å². The van der Waals surface area contributed by atoms with E-state index >= 15 is 0 Å². The maximum atomic E-state index is 6.41. The molecule has 5 nitrogen and oxygen atoms in total. The lowest BCUT2D eigenvalue weighted by atomic mass is 10.1. The third-order valence-corrected chi connectivity index (χ3v) is 5.09. The van der Waals surface area contributed by atoms with E-state index in [4.69, 9.17) is 21.1 Å². The van der Waals surface area contributed by atoms with E-state index in [-0.39, 0.29) is 0 Å². The smallest absolute Gasteiger partial charge is 0.123 e. The number of hydrogen-bond donors (Lipinski definition) is 1. The second-order valence-electron chi connectivity index (χ2n) is 6.73. The lowest BCUT2D eigenvalue weighted by Crippen LogP contribution is -2.32. The fraction of sp³-hybridized carbons (Fsp3) is 0.174. The molecule has 0 radical (unpaired) electrons. The van der Waals surface area contributed by atoms with E-state index in [2.05, 4.69) is 15.4 Å². The monoisotopic (exact) mass is 407 g/mol. The summed E-state index contributed by atoms with van der Waals surface area (Å²) in [5, 5.41) is 2.77. The molecule has 4 rings (SSSR count). The number of hydrogen-bond acceptors (Lipinski definition) is 5. The highest BCUT2D eigenvalue weighted by Gasteiger charge is 2.24. The summed E-state index contributed by atoms with van der Waals surface area (Å²) in [5.41, 5.74) is 7.92. The first kappa shape index (κ1) is 19.2. The van der Waals surface area contributed by atoms with Crippen LogP contribution in [0.15, 0.2) is 84.3 Å². The summed E-state index contributed by atoms with van der Waals surface area (Å²) in [5.74, 6) is 1.55. The van der Waals surface area contributed by atoms with Gasteiger partial charge in [0.1, 0.15) is 18.1 Å². The van der Waals surface area contributed by atoms with Gasteiger partial charge in [0.2, 0.25) is 0 Å². The lowest BCUT2D eigenvalue weighted by molar-refractivity contribution is 0.345. The molecule has 29 heavy (non-hydrogen) atoms. The van der Waals surface area contributed by atoms with Crippen LogP contribution in [0.5, 0.6) is 11.5 Å². The van der Waals surface area contributed by atoms with Crippen molar-refractivity contribution in [3.63, 3.8) is 0 Å². The van der Waals surface area contributed by atoms with Gasteiger partial charge in [-0.25, -0.2) is 0 Å². The molecule has 0 unspecified atom stereocenters. The quantitative estimate of drug-likeness (QED) is 0.618. The fourth-order valence-corrected chi connectivity index (χ4v) is 3.49. The van der Waals surface area contributed by atoms with Crippen molar-refractivity contribution in [1.82, 2.24) is 10.4 Å². The van der Waals surface area contributed by atoms with Crippen LogP contribution in [0.4, 0.5) is 5.69 Å². The fourth-order valence-electron chi connectivity index (χ4n) is 3.25. The van der Waals surface area contributed by atoms with Crippen molar-refractivity contribution in [1.29, 1.82) is 0 Å². The largest absolute Gasteiger partial charge is 0.497 e. The molecule has 0 aliphatic carbocycles. The summed E-state index contributed by atoms with van der Waals surface area (Å²) in [7, 11) is 1.65. The average molecular weight is 408 g/mol. The zero-order valence-electron chi connectivity index (χ0n) is 16.1. The number of halogens is 1. The number of pyridine rings is 1. The van der Waals surface area contributed by atoms with Crippen LogP contribution in [-0.4, -0.2) is 25.2 Å². The summed E-state index contributed by atoms with van der Waals surface area (Å²) < 4.78 is 11.3. The number of anilines is 1. The van der Waals surface area contributed by atoms with Crippen LogP contribution in [0.25, 0.3) is 0 Å². The number of allylic oxidation sites excluding steroid dienone is 1. The van der Waals surface area contributed by atoms with Crippen LogP contribution in [0, 0.1) is 0 Å². The van der Waals surface area contributed by atoms with Crippen molar-refractivity contribution in [2.45, 2.75) is 6.42 Å². The molecule has 1 aliphatic heterocycles. The number of hydrazine groups is 1. The molecule has 0 bridgehead atoms. The third kappa shape index (κ3) is 4.63. The molecule has 0 saturated carbocycles. The number of para-hydroxylation sites is 1. The van der Waals surface area contributed by atoms with Gasteiger partial charge in [0, 0.05) is 36.2 Å². The van der Waals surface area contributed by atoms with Gasteiger partial charge < -0.3 is 14.9 Å². The Morgan fingerprint density at radius 1 is 1.03 bits per heavy atom. The minimum Gasteiger partial charge on any atom is -0.497 e. The van der Waals surface area contributed by atoms with E-state index in [1.54, 1.807) is 7.11 Å². The predicted molar refractivity (Wildman–Crippen MR) is 115 cm³/mol. The molecular weight excluding hydrogens is 386 g/mol. The van der Waals surface area contributed by atoms with Gasteiger partial charge in [-0.3, -0.25) is 9.99 Å². The summed E-state index contributed by atoms with van der Waals surface area (Å²) in [4.78, 5) is 4.10. The van der Waals surface area contributed by atoms with E-state index in [0.29, 0.717) is 18.2 Å². The predicted octanol–water partition coefficient (Wildman–Crippen LogP) is 4.64. The van der Waals surface area contributed by atoms with Crippen LogP contribution in [0.1, 0.15) is 5.56 Å². The highest BCUT2D eigenvalue weighted by molar-refractivity contribution is 6.33. The number of benzene rings is 2. The van der Waals surface area contributed by atoms with Crippen molar-refractivity contribution in [3.05, 3.63) is 94.9 Å². The van der Waals surface area contributed by atoms with Gasteiger partial charge in [-0.2, -0.15) is 0 Å². The molecule has 1 N–H and O–H groups in total. The molecule has 0 amide bonds. The van der Waals surface area contributed by atoms with Crippen molar-refractivity contribution < 1.29 is 9.47 Å². The summed E-state index contributed by atoms with van der Waals surface area (Å²) >= 11 is 6.41. The van der Waals surface area contributed by atoms with E-state index in [0.717, 1.165) is 29.3 Å². The van der Waals surface area contributed by atoms with E-state index in [1.807, 2.05) is 73.1 Å². The molecule has 2 heterocycles. The number of aromatic nitrogens is 1. The van der Waals surface area contributed by atoms with Gasteiger partial charge in [-0.15, -0.1) is 0 Å². The summed E-state index contributed by atoms with van der Waals surface area (Å²) in [6.45, 7) is 1.16. The Morgan fingerprint density at radius 2 is 1.83 bits per heavy atom. The Balaban J connectivity index is 1.55. The van der Waals surface area contributed by atoms with Gasteiger partial charge in [-0.1, -0.05) is 29.8 Å². The molecule has 6 heteroatoms. The van der Waals surface area contributed by atoms with Gasteiger partial charge in [-0.05, 0) is 42.0 Å². The zero-order valence-corrected chi connectivity index (χ0v) is 16.9. The highest BCUT2D eigenvalue weighted by atomic mass is 35.5. The minimum atomic E-state index is 0.474. The third-order valence-electron chi connectivity index (χ3n) is 4.77. The SMILES string of the molecule is COc1cccc(OCC2=C(Cc3ccncc3)NN(c3ccccc3Cl)C2)c1. The first-order chi connectivity index (χ1) is 14.2. The Morgan fingerprint density at radius 3 is 2.62 bits per heavy atom. The summed E-state index contributed by atoms with van der Waals surface area (Å²) in [6.07, 6.45) is 4.38. The average Bonchev–Trinajstić information content (AvgIpc) is 3.16. The van der Waals surface area contributed by atoms with Crippen LogP contribution in [-0.2, 0) is 6.42 Å². The first-order valence-electron chi connectivity index (χ1n) is 9.38. The van der Waals surface area contributed by atoms with Crippen LogP contribution in [0.3, 0.4) is 0 Å². The maximum Gasteiger partial charge on any atom is 0.123 e. The Labute approximate surface area is 175 Å². The van der Waals surface area contributed by atoms with Crippen molar-refractivity contribution in [3.8, 4) is 11.5 Å². The van der Waals surface area contributed by atoms with Crippen LogP contribution >= 0.6 is 11.6 Å². The molecule has 148 valence electrons. The van der Waals surface area contributed by atoms with Crippen LogP contribution in [0.2, 0.25) is 5.02 Å². The standard InChI is InChI=1S/C23H22ClN3O2/c1-28-19-5-4-6-20(14-19)29-16-18-15-27(23-8-3-2-7-21(23)24)26-22(18)13-17-9-11-25-12-10-17/h2-12,14,26H,13,15-16H2,1H3. The number of ether oxygens (including phenoxy) is 2. The molecule has 1 aliphatic rings. The van der Waals surface area contributed by atoms with Gasteiger partial charge in [0.05, 0.1) is 24.4 Å². The Bertz CT molecular complexity index is 1010. The summed E-state index contributed by atoms with van der Waals surface area (Å²) in [6, 6.07) is 19.5. The van der Waals surface area contributed by atoms with Crippen molar-refractivity contribution in [2.75, 3.05) is 25.3 Å².